The number of aromatic nitrogens is 2. The maximum Gasteiger partial charge on any atom is 0.227 e. The third-order valence-electron chi connectivity index (χ3n) is 7.74. The van der Waals surface area contributed by atoms with Gasteiger partial charge in [-0.2, -0.15) is 0 Å². The molecular weight excluding hydrogens is 408 g/mol. The van der Waals surface area contributed by atoms with E-state index in [1.165, 1.54) is 62.5 Å². The Morgan fingerprint density at radius 1 is 1.06 bits per heavy atom. The molecule has 1 saturated carbocycles. The van der Waals surface area contributed by atoms with Gasteiger partial charge >= 0.3 is 0 Å². The first kappa shape index (κ1) is 22.1. The lowest BCUT2D eigenvalue weighted by Gasteiger charge is -2.38. The van der Waals surface area contributed by atoms with Gasteiger partial charge in [0.25, 0.3) is 0 Å². The number of para-hydroxylation sites is 1. The predicted octanol–water partition coefficient (Wildman–Crippen LogP) is 4.80. The number of amides is 1. The number of fused-ring (bicyclic) bond motifs is 1. The van der Waals surface area contributed by atoms with Crippen LogP contribution in [0.1, 0.15) is 49.7 Å². The van der Waals surface area contributed by atoms with Crippen LogP contribution in [0.2, 0.25) is 0 Å². The van der Waals surface area contributed by atoms with Gasteiger partial charge in [0, 0.05) is 55.7 Å². The molecule has 1 saturated heterocycles. The lowest BCUT2D eigenvalue weighted by Crippen LogP contribution is -2.44. The van der Waals surface area contributed by atoms with Crippen LogP contribution in [0.4, 0.5) is 0 Å². The van der Waals surface area contributed by atoms with Crippen LogP contribution in [0.15, 0.2) is 55.0 Å². The summed E-state index contributed by atoms with van der Waals surface area (Å²) in [5, 5.41) is 1.18. The molecule has 1 aliphatic carbocycles. The zero-order valence-corrected chi connectivity index (χ0v) is 19.8. The molecule has 1 amide bonds. The molecule has 0 N–H and O–H groups in total. The number of aryl methyl sites for hydroxylation is 1. The molecule has 0 atom stereocenters. The zero-order valence-electron chi connectivity index (χ0n) is 19.8. The molecule has 2 aliphatic rings. The largest absolute Gasteiger partial charge is 0.350 e. The minimum Gasteiger partial charge on any atom is -0.350 e. The van der Waals surface area contributed by atoms with E-state index in [-0.39, 0.29) is 5.91 Å². The second-order valence-electron chi connectivity index (χ2n) is 10.0. The van der Waals surface area contributed by atoms with Gasteiger partial charge in [-0.15, -0.1) is 0 Å². The predicted molar refractivity (Wildman–Crippen MR) is 133 cm³/mol. The van der Waals surface area contributed by atoms with Crippen LogP contribution in [-0.2, 0) is 24.8 Å². The Labute approximate surface area is 197 Å². The summed E-state index contributed by atoms with van der Waals surface area (Å²) in [5.41, 5.74) is 3.40. The molecule has 5 rings (SSSR count). The van der Waals surface area contributed by atoms with Crippen LogP contribution in [0, 0.1) is 5.92 Å². The van der Waals surface area contributed by atoms with Crippen molar-refractivity contribution < 1.29 is 4.79 Å². The number of piperidine rings is 1. The Bertz CT molecular complexity index is 1060. The van der Waals surface area contributed by atoms with Gasteiger partial charge in [-0.05, 0) is 68.0 Å². The average molecular weight is 445 g/mol. The standard InChI is InChI=1S/C28H36N4O/c1-30-21-24(26-10-4-5-11-27(26)30)17-28(33)32(20-23-7-6-14-29-18-23)19-22-12-15-31(16-13-22)25-8-2-3-9-25/h4-7,10-11,14,18,21-22,25H,2-3,8-9,12-13,15-17,19-20H2,1H3. The normalized spacial score (nSPS) is 18.2. The zero-order chi connectivity index (χ0) is 22.6. The molecule has 1 aromatic carbocycles. The number of hydrogen-bond donors (Lipinski definition) is 0. The average Bonchev–Trinajstić information content (AvgIpc) is 3.49. The van der Waals surface area contributed by atoms with Crippen LogP contribution in [0.3, 0.4) is 0 Å². The summed E-state index contributed by atoms with van der Waals surface area (Å²) >= 11 is 0. The SMILES string of the molecule is Cn1cc(CC(=O)N(Cc2cccnc2)CC2CCN(C3CCCC3)CC2)c2ccccc21. The maximum absolute atomic E-state index is 13.6. The second-order valence-corrected chi connectivity index (χ2v) is 10.0. The van der Waals surface area contributed by atoms with Gasteiger partial charge in [0.05, 0.1) is 6.42 Å². The summed E-state index contributed by atoms with van der Waals surface area (Å²) < 4.78 is 2.13. The molecule has 0 radical (unpaired) electrons. The van der Waals surface area contributed by atoms with Crippen molar-refractivity contribution in [3.63, 3.8) is 0 Å². The summed E-state index contributed by atoms with van der Waals surface area (Å²) in [4.78, 5) is 22.7. The van der Waals surface area contributed by atoms with Crippen molar-refractivity contribution in [3.05, 3.63) is 66.1 Å². The molecule has 3 heterocycles. The summed E-state index contributed by atoms with van der Waals surface area (Å²) in [6, 6.07) is 13.2. The molecule has 0 unspecified atom stereocenters. The fraction of sp³-hybridized carbons (Fsp3) is 0.500. The Balaban J connectivity index is 1.28. The van der Waals surface area contributed by atoms with E-state index in [1.54, 1.807) is 6.20 Å². The third-order valence-corrected chi connectivity index (χ3v) is 7.74. The summed E-state index contributed by atoms with van der Waals surface area (Å²) in [6.07, 6.45) is 14.2. The molecule has 0 bridgehead atoms. The first-order valence-corrected chi connectivity index (χ1v) is 12.6. The number of carbonyl (C=O) groups is 1. The number of nitrogens with zero attached hydrogens (tertiary/aromatic N) is 4. The Morgan fingerprint density at radius 3 is 2.61 bits per heavy atom. The number of likely N-dealkylation sites (tertiary alicyclic amines) is 1. The van der Waals surface area contributed by atoms with Crippen LogP contribution >= 0.6 is 0 Å². The van der Waals surface area contributed by atoms with Crippen molar-refractivity contribution in [3.8, 4) is 0 Å². The quantitative estimate of drug-likeness (QED) is 0.526. The van der Waals surface area contributed by atoms with Gasteiger partial charge in [0.15, 0.2) is 0 Å². The number of benzene rings is 1. The van der Waals surface area contributed by atoms with E-state index >= 15 is 0 Å². The number of rotatable bonds is 7. The van der Waals surface area contributed by atoms with Crippen LogP contribution < -0.4 is 0 Å². The van der Waals surface area contributed by atoms with E-state index in [4.69, 9.17) is 0 Å². The summed E-state index contributed by atoms with van der Waals surface area (Å²) in [5.74, 6) is 0.796. The first-order valence-electron chi connectivity index (χ1n) is 12.6. The molecule has 3 aromatic rings. The number of hydrogen-bond acceptors (Lipinski definition) is 3. The van der Waals surface area contributed by atoms with Gasteiger partial charge < -0.3 is 14.4 Å². The molecule has 174 valence electrons. The molecule has 5 nitrogen and oxygen atoms in total. The topological polar surface area (TPSA) is 41.4 Å². The number of pyridine rings is 1. The van der Waals surface area contributed by atoms with Crippen molar-refractivity contribution in [1.82, 2.24) is 19.4 Å². The van der Waals surface area contributed by atoms with Crippen LogP contribution in [0.25, 0.3) is 10.9 Å². The number of carbonyl (C=O) groups excluding carboxylic acids is 1. The van der Waals surface area contributed by atoms with Crippen molar-refractivity contribution in [2.75, 3.05) is 19.6 Å². The maximum atomic E-state index is 13.6. The van der Waals surface area contributed by atoms with Crippen molar-refractivity contribution in [2.45, 2.75) is 57.5 Å². The fourth-order valence-corrected chi connectivity index (χ4v) is 5.89. The van der Waals surface area contributed by atoms with Crippen molar-refractivity contribution in [2.24, 2.45) is 13.0 Å². The monoisotopic (exact) mass is 444 g/mol. The molecule has 2 fully saturated rings. The first-order chi connectivity index (χ1) is 16.2. The van der Waals surface area contributed by atoms with Crippen molar-refractivity contribution >= 4 is 16.8 Å². The van der Waals surface area contributed by atoms with Gasteiger partial charge in [0.1, 0.15) is 0 Å². The van der Waals surface area contributed by atoms with Gasteiger partial charge in [-0.3, -0.25) is 9.78 Å². The Hall–Kier alpha value is -2.66. The van der Waals surface area contributed by atoms with Crippen molar-refractivity contribution in [1.29, 1.82) is 0 Å². The minimum atomic E-state index is 0.216. The lowest BCUT2D eigenvalue weighted by atomic mass is 9.94. The summed E-state index contributed by atoms with van der Waals surface area (Å²) in [7, 11) is 2.06. The fourth-order valence-electron chi connectivity index (χ4n) is 5.89. The van der Waals surface area contributed by atoms with Crippen LogP contribution in [0.5, 0.6) is 0 Å². The molecular formula is C28H36N4O. The second kappa shape index (κ2) is 10.1. The molecule has 5 heteroatoms. The van der Waals surface area contributed by atoms with Gasteiger partial charge in [-0.25, -0.2) is 0 Å². The molecule has 2 aromatic heterocycles. The third kappa shape index (κ3) is 5.14. The highest BCUT2D eigenvalue weighted by Crippen LogP contribution is 2.29. The smallest absolute Gasteiger partial charge is 0.227 e. The minimum absolute atomic E-state index is 0.216. The summed E-state index contributed by atoms with van der Waals surface area (Å²) in [6.45, 7) is 3.86. The lowest BCUT2D eigenvalue weighted by molar-refractivity contribution is -0.132. The van der Waals surface area contributed by atoms with E-state index in [2.05, 4.69) is 62.9 Å². The Kier molecular flexibility index (Phi) is 6.77. The van der Waals surface area contributed by atoms with E-state index in [9.17, 15) is 4.79 Å². The highest BCUT2D eigenvalue weighted by atomic mass is 16.2. The molecule has 1 aliphatic heterocycles. The highest BCUT2D eigenvalue weighted by molar-refractivity contribution is 5.89. The Morgan fingerprint density at radius 2 is 1.85 bits per heavy atom. The van der Waals surface area contributed by atoms with E-state index < -0.39 is 0 Å². The van der Waals surface area contributed by atoms with Crippen LogP contribution in [-0.4, -0.2) is 50.9 Å². The molecule has 0 spiro atoms. The van der Waals surface area contributed by atoms with E-state index in [1.807, 2.05) is 12.3 Å². The van der Waals surface area contributed by atoms with Gasteiger partial charge in [0.2, 0.25) is 5.91 Å². The van der Waals surface area contributed by atoms with Gasteiger partial charge in [-0.1, -0.05) is 37.1 Å². The van der Waals surface area contributed by atoms with E-state index in [0.29, 0.717) is 18.9 Å². The molecule has 33 heavy (non-hydrogen) atoms. The highest BCUT2D eigenvalue weighted by Gasteiger charge is 2.29. The van der Waals surface area contributed by atoms with E-state index in [0.717, 1.165) is 23.7 Å².